The number of halogens is 3. The van der Waals surface area contributed by atoms with Gasteiger partial charge >= 0.3 is 0 Å². The predicted molar refractivity (Wildman–Crippen MR) is 78.6 cm³/mol. The third kappa shape index (κ3) is 3.62. The van der Waals surface area contributed by atoms with Gasteiger partial charge in [0.1, 0.15) is 4.34 Å². The second kappa shape index (κ2) is 6.26. The number of thioether (sulfide) groups is 1. The van der Waals surface area contributed by atoms with Gasteiger partial charge < -0.3 is 0 Å². The van der Waals surface area contributed by atoms with Gasteiger partial charge in [0.25, 0.3) is 0 Å². The van der Waals surface area contributed by atoms with Crippen molar-refractivity contribution in [3.8, 4) is 0 Å². The third-order valence-corrected chi connectivity index (χ3v) is 4.66. The first kappa shape index (κ1) is 14.2. The Hall–Kier alpha value is -0.260. The van der Waals surface area contributed by atoms with E-state index < -0.39 is 0 Å². The Morgan fingerprint density at radius 1 is 1.33 bits per heavy atom. The lowest BCUT2D eigenvalue weighted by atomic mass is 10.2. The lowest BCUT2D eigenvalue weighted by molar-refractivity contribution is 0.102. The molecule has 0 unspecified atom stereocenters. The van der Waals surface area contributed by atoms with E-state index >= 15 is 0 Å². The minimum atomic E-state index is -0.0649. The van der Waals surface area contributed by atoms with Crippen LogP contribution in [0.1, 0.15) is 10.4 Å². The molecule has 0 saturated heterocycles. The Kier molecular flexibility index (Phi) is 4.92. The molecule has 2 heterocycles. The molecule has 0 fully saturated rings. The highest BCUT2D eigenvalue weighted by molar-refractivity contribution is 7.99. The number of ketones is 1. The number of pyridine rings is 1. The Balaban J connectivity index is 2.00. The predicted octanol–water partition coefficient (Wildman–Crippen LogP) is 5.08. The Bertz CT molecular complexity index is 568. The smallest absolute Gasteiger partial charge is 0.175 e. The lowest BCUT2D eigenvalue weighted by Crippen LogP contribution is -2.01. The van der Waals surface area contributed by atoms with E-state index in [1.165, 1.54) is 23.1 Å². The highest BCUT2D eigenvalue weighted by Crippen LogP contribution is 2.32. The fraction of sp³-hybridized carbons (Fsp3) is 0.0909. The number of rotatable bonds is 4. The van der Waals surface area contributed by atoms with Gasteiger partial charge in [-0.15, -0.1) is 11.3 Å². The fourth-order valence-electron chi connectivity index (χ4n) is 1.20. The van der Waals surface area contributed by atoms with Crippen molar-refractivity contribution in [2.24, 2.45) is 0 Å². The van der Waals surface area contributed by atoms with Gasteiger partial charge in [-0.25, -0.2) is 4.98 Å². The molecule has 18 heavy (non-hydrogen) atoms. The molecule has 2 aromatic rings. The van der Waals surface area contributed by atoms with Crippen LogP contribution in [-0.2, 0) is 0 Å². The van der Waals surface area contributed by atoms with Gasteiger partial charge in [-0.05, 0) is 18.2 Å². The van der Waals surface area contributed by atoms with Crippen LogP contribution in [-0.4, -0.2) is 16.5 Å². The topological polar surface area (TPSA) is 30.0 Å². The van der Waals surface area contributed by atoms with Crippen LogP contribution in [0.25, 0.3) is 0 Å². The number of thiophene rings is 1. The van der Waals surface area contributed by atoms with Crippen molar-refractivity contribution in [2.45, 2.75) is 5.03 Å². The number of aromatic nitrogens is 1. The molecule has 2 nitrogen and oxygen atoms in total. The van der Waals surface area contributed by atoms with Crippen LogP contribution >= 0.6 is 57.9 Å². The van der Waals surface area contributed by atoms with Crippen molar-refractivity contribution in [3.05, 3.63) is 43.7 Å². The number of hydrogen-bond acceptors (Lipinski definition) is 4. The standard InChI is InChI=1S/C11H6Cl3NOS2/c12-6-1-2-10(15-4-6)17-5-8(16)7-3-9(13)18-11(7)14/h1-4H,5H2. The van der Waals surface area contributed by atoms with Gasteiger partial charge in [-0.1, -0.05) is 46.6 Å². The van der Waals surface area contributed by atoms with E-state index in [0.29, 0.717) is 19.3 Å². The van der Waals surface area contributed by atoms with Gasteiger partial charge in [-0.3, -0.25) is 4.79 Å². The highest BCUT2D eigenvalue weighted by Gasteiger charge is 2.14. The number of Topliss-reactive ketones (excluding diaryl/α,β-unsaturated/α-hetero) is 1. The average molecular weight is 339 g/mol. The highest BCUT2D eigenvalue weighted by atomic mass is 35.5. The van der Waals surface area contributed by atoms with E-state index in [9.17, 15) is 4.79 Å². The molecule has 0 aliphatic carbocycles. The van der Waals surface area contributed by atoms with Gasteiger partial charge in [-0.2, -0.15) is 0 Å². The summed E-state index contributed by atoms with van der Waals surface area (Å²) in [6.07, 6.45) is 1.54. The zero-order valence-electron chi connectivity index (χ0n) is 8.82. The van der Waals surface area contributed by atoms with Gasteiger partial charge in [0, 0.05) is 11.8 Å². The summed E-state index contributed by atoms with van der Waals surface area (Å²) in [5.41, 5.74) is 0.466. The molecule has 0 radical (unpaired) electrons. The minimum Gasteiger partial charge on any atom is -0.293 e. The minimum absolute atomic E-state index is 0.0649. The summed E-state index contributed by atoms with van der Waals surface area (Å²) < 4.78 is 0.938. The zero-order chi connectivity index (χ0) is 13.1. The van der Waals surface area contributed by atoms with Crippen molar-refractivity contribution < 1.29 is 4.79 Å². The van der Waals surface area contributed by atoms with E-state index in [1.807, 2.05) is 0 Å². The molecule has 0 atom stereocenters. The molecule has 7 heteroatoms. The maximum Gasteiger partial charge on any atom is 0.175 e. The molecule has 2 aromatic heterocycles. The van der Waals surface area contributed by atoms with E-state index in [2.05, 4.69) is 4.98 Å². The Labute approximate surface area is 127 Å². The monoisotopic (exact) mass is 337 g/mol. The second-order valence-electron chi connectivity index (χ2n) is 3.26. The number of hydrogen-bond donors (Lipinski definition) is 0. The van der Waals surface area contributed by atoms with E-state index in [4.69, 9.17) is 34.8 Å². The molecule has 0 bridgehead atoms. The molecular weight excluding hydrogens is 333 g/mol. The zero-order valence-corrected chi connectivity index (χ0v) is 12.7. The van der Waals surface area contributed by atoms with Crippen molar-refractivity contribution in [1.29, 1.82) is 0 Å². The normalized spacial score (nSPS) is 10.6. The quantitative estimate of drug-likeness (QED) is 0.575. The molecule has 0 spiro atoms. The summed E-state index contributed by atoms with van der Waals surface area (Å²) in [4.78, 5) is 16.0. The third-order valence-electron chi connectivity index (χ3n) is 2.01. The first-order valence-electron chi connectivity index (χ1n) is 4.78. The van der Waals surface area contributed by atoms with Crippen LogP contribution in [0.3, 0.4) is 0 Å². The molecule has 2 rings (SSSR count). The summed E-state index contributed by atoms with van der Waals surface area (Å²) in [6.45, 7) is 0. The Morgan fingerprint density at radius 3 is 2.67 bits per heavy atom. The fourth-order valence-corrected chi connectivity index (χ4v) is 3.53. The van der Waals surface area contributed by atoms with Crippen LogP contribution in [0.5, 0.6) is 0 Å². The molecule has 0 aliphatic rings. The molecule has 0 N–H and O–H groups in total. The van der Waals surface area contributed by atoms with Crippen molar-refractivity contribution in [1.82, 2.24) is 4.98 Å². The number of nitrogens with zero attached hydrogens (tertiary/aromatic N) is 1. The molecule has 94 valence electrons. The largest absolute Gasteiger partial charge is 0.293 e. The van der Waals surface area contributed by atoms with Crippen molar-refractivity contribution in [2.75, 3.05) is 5.75 Å². The van der Waals surface area contributed by atoms with Crippen molar-refractivity contribution in [3.63, 3.8) is 0 Å². The Morgan fingerprint density at radius 2 is 2.11 bits per heavy atom. The maximum absolute atomic E-state index is 11.9. The first-order chi connectivity index (χ1) is 8.56. The van der Waals surface area contributed by atoms with Gasteiger partial charge in [0.2, 0.25) is 0 Å². The van der Waals surface area contributed by atoms with Gasteiger partial charge in [0.15, 0.2) is 5.78 Å². The number of carbonyl (C=O) groups excluding carboxylic acids is 1. The summed E-state index contributed by atoms with van der Waals surface area (Å²) in [5, 5.41) is 1.31. The SMILES string of the molecule is O=C(CSc1ccc(Cl)cn1)c1cc(Cl)sc1Cl. The van der Waals surface area contributed by atoms with Crippen LogP contribution in [0, 0.1) is 0 Å². The van der Waals surface area contributed by atoms with E-state index in [1.54, 1.807) is 24.4 Å². The molecule has 0 aliphatic heterocycles. The van der Waals surface area contributed by atoms with E-state index in [-0.39, 0.29) is 11.5 Å². The maximum atomic E-state index is 11.9. The molecule has 0 saturated carbocycles. The van der Waals surface area contributed by atoms with Crippen LogP contribution in [0.15, 0.2) is 29.4 Å². The molecule has 0 aromatic carbocycles. The van der Waals surface area contributed by atoms with Crippen molar-refractivity contribution >= 4 is 63.7 Å². The first-order valence-corrected chi connectivity index (χ1v) is 7.72. The van der Waals surface area contributed by atoms with E-state index in [0.717, 1.165) is 5.03 Å². The summed E-state index contributed by atoms with van der Waals surface area (Å²) in [6, 6.07) is 5.09. The van der Waals surface area contributed by atoms with Crippen LogP contribution < -0.4 is 0 Å². The van der Waals surface area contributed by atoms with Crippen LogP contribution in [0.2, 0.25) is 13.7 Å². The average Bonchev–Trinajstić information content (AvgIpc) is 2.67. The summed E-state index contributed by atoms with van der Waals surface area (Å²) in [7, 11) is 0. The molecule has 0 amide bonds. The lowest BCUT2D eigenvalue weighted by Gasteiger charge is -2.00. The second-order valence-corrected chi connectivity index (χ2v) is 6.98. The van der Waals surface area contributed by atoms with Crippen LogP contribution in [0.4, 0.5) is 0 Å². The summed E-state index contributed by atoms with van der Waals surface area (Å²) >= 11 is 20.0. The summed E-state index contributed by atoms with van der Waals surface area (Å²) in [5.74, 6) is 0.200. The number of carbonyl (C=O) groups is 1. The van der Waals surface area contributed by atoms with Gasteiger partial charge in [0.05, 0.1) is 20.1 Å². The molecular formula is C11H6Cl3NOS2.